The SMILES string of the molecule is CCCCn1nc(C(=O)Nc2cccc(Cn3cccn3)c2)ccc1=O. The average molecular weight is 351 g/mol. The lowest BCUT2D eigenvalue weighted by molar-refractivity contribution is 0.101. The number of nitrogens with one attached hydrogen (secondary N) is 1. The van der Waals surface area contributed by atoms with E-state index >= 15 is 0 Å². The van der Waals surface area contributed by atoms with Crippen LogP contribution in [-0.4, -0.2) is 25.5 Å². The van der Waals surface area contributed by atoms with E-state index in [-0.39, 0.29) is 17.2 Å². The van der Waals surface area contributed by atoms with Crippen molar-refractivity contribution in [2.75, 3.05) is 5.32 Å². The molecule has 0 bridgehead atoms. The maximum absolute atomic E-state index is 12.5. The van der Waals surface area contributed by atoms with E-state index in [2.05, 4.69) is 15.5 Å². The molecule has 0 fully saturated rings. The van der Waals surface area contributed by atoms with Gasteiger partial charge in [-0.2, -0.15) is 10.2 Å². The number of anilines is 1. The number of amides is 1. The Morgan fingerprint density at radius 3 is 2.85 bits per heavy atom. The van der Waals surface area contributed by atoms with Crippen LogP contribution in [0.4, 0.5) is 5.69 Å². The number of aromatic nitrogens is 4. The van der Waals surface area contributed by atoms with Gasteiger partial charge < -0.3 is 5.32 Å². The second kappa shape index (κ2) is 8.24. The molecule has 7 nitrogen and oxygen atoms in total. The van der Waals surface area contributed by atoms with Crippen LogP contribution in [-0.2, 0) is 13.1 Å². The summed E-state index contributed by atoms with van der Waals surface area (Å²) in [7, 11) is 0. The predicted molar refractivity (Wildman–Crippen MR) is 99.1 cm³/mol. The molecule has 2 aromatic heterocycles. The van der Waals surface area contributed by atoms with Crippen LogP contribution in [0.15, 0.2) is 59.7 Å². The van der Waals surface area contributed by atoms with Crippen molar-refractivity contribution in [3.05, 3.63) is 76.5 Å². The molecule has 134 valence electrons. The van der Waals surface area contributed by atoms with Gasteiger partial charge in [-0.05, 0) is 36.2 Å². The van der Waals surface area contributed by atoms with Crippen molar-refractivity contribution in [1.29, 1.82) is 0 Å². The van der Waals surface area contributed by atoms with Crippen LogP contribution >= 0.6 is 0 Å². The van der Waals surface area contributed by atoms with E-state index in [4.69, 9.17) is 0 Å². The van der Waals surface area contributed by atoms with E-state index in [0.717, 1.165) is 18.4 Å². The lowest BCUT2D eigenvalue weighted by atomic mass is 10.2. The average Bonchev–Trinajstić information content (AvgIpc) is 3.14. The van der Waals surface area contributed by atoms with Gasteiger partial charge >= 0.3 is 0 Å². The van der Waals surface area contributed by atoms with Gasteiger partial charge in [-0.25, -0.2) is 4.68 Å². The van der Waals surface area contributed by atoms with Crippen molar-refractivity contribution in [3.63, 3.8) is 0 Å². The molecule has 1 aromatic carbocycles. The van der Waals surface area contributed by atoms with E-state index < -0.39 is 0 Å². The van der Waals surface area contributed by atoms with E-state index in [1.165, 1.54) is 16.8 Å². The highest BCUT2D eigenvalue weighted by molar-refractivity contribution is 6.02. The Bertz CT molecular complexity index is 931. The Kier molecular flexibility index (Phi) is 5.58. The molecular weight excluding hydrogens is 330 g/mol. The molecule has 3 rings (SSSR count). The van der Waals surface area contributed by atoms with Gasteiger partial charge in [0.05, 0.1) is 6.54 Å². The normalized spacial score (nSPS) is 10.7. The minimum atomic E-state index is -0.341. The lowest BCUT2D eigenvalue weighted by Gasteiger charge is -2.09. The quantitative estimate of drug-likeness (QED) is 0.709. The predicted octanol–water partition coefficient (Wildman–Crippen LogP) is 2.54. The first-order valence-corrected chi connectivity index (χ1v) is 8.61. The third kappa shape index (κ3) is 4.44. The summed E-state index contributed by atoms with van der Waals surface area (Å²) in [6, 6.07) is 12.3. The molecule has 1 N–H and O–H groups in total. The van der Waals surface area contributed by atoms with E-state index in [1.54, 1.807) is 6.20 Å². The number of hydrogen-bond donors (Lipinski definition) is 1. The molecule has 0 aliphatic carbocycles. The number of carbonyl (C=O) groups is 1. The van der Waals surface area contributed by atoms with Crippen molar-refractivity contribution >= 4 is 11.6 Å². The second-order valence-corrected chi connectivity index (χ2v) is 5.99. The smallest absolute Gasteiger partial charge is 0.276 e. The lowest BCUT2D eigenvalue weighted by Crippen LogP contribution is -2.26. The van der Waals surface area contributed by atoms with Gasteiger partial charge in [-0.15, -0.1) is 0 Å². The fourth-order valence-electron chi connectivity index (χ4n) is 2.56. The molecule has 0 saturated heterocycles. The molecule has 0 saturated carbocycles. The third-order valence-corrected chi connectivity index (χ3v) is 3.91. The van der Waals surface area contributed by atoms with Crippen LogP contribution in [0.5, 0.6) is 0 Å². The summed E-state index contributed by atoms with van der Waals surface area (Å²) in [5.41, 5.74) is 1.72. The van der Waals surface area contributed by atoms with Crippen LogP contribution in [0.25, 0.3) is 0 Å². The number of rotatable bonds is 7. The Labute approximate surface area is 151 Å². The molecule has 0 atom stereocenters. The summed E-state index contributed by atoms with van der Waals surface area (Å²) in [6.45, 7) is 3.17. The third-order valence-electron chi connectivity index (χ3n) is 3.91. The molecule has 7 heteroatoms. The van der Waals surface area contributed by atoms with Crippen molar-refractivity contribution in [1.82, 2.24) is 19.6 Å². The summed E-state index contributed by atoms with van der Waals surface area (Å²) >= 11 is 0. The van der Waals surface area contributed by atoms with Gasteiger partial charge in [0.25, 0.3) is 11.5 Å². The molecule has 1 amide bonds. The molecule has 0 radical (unpaired) electrons. The Hall–Kier alpha value is -3.22. The molecule has 26 heavy (non-hydrogen) atoms. The van der Waals surface area contributed by atoms with Gasteiger partial charge in [0, 0.05) is 30.7 Å². The number of hydrogen-bond acceptors (Lipinski definition) is 4. The van der Waals surface area contributed by atoms with Gasteiger partial charge in [0.1, 0.15) is 5.69 Å². The van der Waals surface area contributed by atoms with Gasteiger partial charge in [-0.1, -0.05) is 25.5 Å². The van der Waals surface area contributed by atoms with Gasteiger partial charge in [-0.3, -0.25) is 14.3 Å². The van der Waals surface area contributed by atoms with Crippen molar-refractivity contribution in [3.8, 4) is 0 Å². The first-order chi connectivity index (χ1) is 12.7. The highest BCUT2D eigenvalue weighted by Gasteiger charge is 2.10. The monoisotopic (exact) mass is 351 g/mol. The molecular formula is C19H21N5O2. The molecule has 0 aliphatic heterocycles. The van der Waals surface area contributed by atoms with E-state index in [1.807, 2.05) is 48.1 Å². The Morgan fingerprint density at radius 1 is 1.19 bits per heavy atom. The summed E-state index contributed by atoms with van der Waals surface area (Å²) in [4.78, 5) is 24.3. The van der Waals surface area contributed by atoms with Crippen LogP contribution in [0.1, 0.15) is 35.8 Å². The van der Waals surface area contributed by atoms with Crippen molar-refractivity contribution < 1.29 is 4.79 Å². The van der Waals surface area contributed by atoms with Crippen molar-refractivity contribution in [2.45, 2.75) is 32.9 Å². The minimum Gasteiger partial charge on any atom is -0.321 e. The number of carbonyl (C=O) groups excluding carboxylic acids is 1. The fraction of sp³-hybridized carbons (Fsp3) is 0.263. The minimum absolute atomic E-state index is 0.198. The summed E-state index contributed by atoms with van der Waals surface area (Å²) in [5.74, 6) is -0.341. The maximum Gasteiger partial charge on any atom is 0.276 e. The fourth-order valence-corrected chi connectivity index (χ4v) is 2.56. The maximum atomic E-state index is 12.5. The zero-order valence-corrected chi connectivity index (χ0v) is 14.6. The molecule has 2 heterocycles. The van der Waals surface area contributed by atoms with Crippen LogP contribution < -0.4 is 10.9 Å². The zero-order chi connectivity index (χ0) is 18.4. The number of aryl methyl sites for hydroxylation is 1. The van der Waals surface area contributed by atoms with Crippen LogP contribution in [0.2, 0.25) is 0 Å². The van der Waals surface area contributed by atoms with E-state index in [9.17, 15) is 9.59 Å². The number of benzene rings is 1. The summed E-state index contributed by atoms with van der Waals surface area (Å²) in [5, 5.41) is 11.2. The van der Waals surface area contributed by atoms with E-state index in [0.29, 0.717) is 18.8 Å². The highest BCUT2D eigenvalue weighted by atomic mass is 16.2. The highest BCUT2D eigenvalue weighted by Crippen LogP contribution is 2.12. The Balaban J connectivity index is 1.72. The molecule has 0 unspecified atom stereocenters. The first kappa shape index (κ1) is 17.6. The molecule has 0 spiro atoms. The zero-order valence-electron chi connectivity index (χ0n) is 14.6. The molecule has 0 aliphatic rings. The molecule has 3 aromatic rings. The standard InChI is InChI=1S/C19H21N5O2/c1-2-3-12-24-18(25)9-8-17(22-24)19(26)21-16-7-4-6-15(13-16)14-23-11-5-10-20-23/h4-11,13H,2-3,12,14H2,1H3,(H,21,26). The summed E-state index contributed by atoms with van der Waals surface area (Å²) < 4.78 is 3.15. The Morgan fingerprint density at radius 2 is 2.08 bits per heavy atom. The largest absolute Gasteiger partial charge is 0.321 e. The first-order valence-electron chi connectivity index (χ1n) is 8.61. The van der Waals surface area contributed by atoms with Crippen molar-refractivity contribution in [2.24, 2.45) is 0 Å². The second-order valence-electron chi connectivity index (χ2n) is 5.99. The topological polar surface area (TPSA) is 81.8 Å². The van der Waals surface area contributed by atoms with Gasteiger partial charge in [0.15, 0.2) is 0 Å². The van der Waals surface area contributed by atoms with Gasteiger partial charge in [0.2, 0.25) is 0 Å². The number of nitrogens with zero attached hydrogens (tertiary/aromatic N) is 4. The summed E-state index contributed by atoms with van der Waals surface area (Å²) in [6.07, 6.45) is 5.40. The van der Waals surface area contributed by atoms with Crippen LogP contribution in [0.3, 0.4) is 0 Å². The number of unbranched alkanes of at least 4 members (excludes halogenated alkanes) is 1. The van der Waals surface area contributed by atoms with Crippen LogP contribution in [0, 0.1) is 0 Å².